The first-order valence-corrected chi connectivity index (χ1v) is 6.94. The van der Waals surface area contributed by atoms with Gasteiger partial charge in [0.05, 0.1) is 5.39 Å². The van der Waals surface area contributed by atoms with Crippen LogP contribution >= 0.6 is 11.3 Å². The number of aryl methyl sites for hydroxylation is 2. The Hall–Kier alpha value is -1.16. The molecule has 0 bridgehead atoms. The molecular formula is C13H17N3S. The lowest BCUT2D eigenvalue weighted by atomic mass is 9.82. The van der Waals surface area contributed by atoms with E-state index < -0.39 is 0 Å². The van der Waals surface area contributed by atoms with Gasteiger partial charge in [0, 0.05) is 10.9 Å². The molecule has 0 spiro atoms. The molecule has 2 aromatic heterocycles. The molecule has 0 atom stereocenters. The van der Waals surface area contributed by atoms with Crippen molar-refractivity contribution in [3.63, 3.8) is 0 Å². The Morgan fingerprint density at radius 1 is 1.29 bits per heavy atom. The zero-order valence-corrected chi connectivity index (χ0v) is 11.3. The van der Waals surface area contributed by atoms with Crippen LogP contribution in [0, 0.1) is 19.8 Å². The van der Waals surface area contributed by atoms with Gasteiger partial charge in [-0.2, -0.15) is 0 Å². The van der Waals surface area contributed by atoms with Gasteiger partial charge in [-0.1, -0.05) is 6.92 Å². The molecular weight excluding hydrogens is 230 g/mol. The molecule has 1 saturated carbocycles. The van der Waals surface area contributed by atoms with Gasteiger partial charge in [0.15, 0.2) is 0 Å². The van der Waals surface area contributed by atoms with Gasteiger partial charge < -0.3 is 5.32 Å². The van der Waals surface area contributed by atoms with Crippen molar-refractivity contribution >= 4 is 27.4 Å². The number of hydrogen-bond acceptors (Lipinski definition) is 4. The van der Waals surface area contributed by atoms with Crippen LogP contribution in [0.4, 0.5) is 5.82 Å². The maximum Gasteiger partial charge on any atom is 0.138 e. The van der Waals surface area contributed by atoms with Crippen molar-refractivity contribution in [1.82, 2.24) is 9.97 Å². The SMILES string of the molecule is Cc1sc2ncnc(NC3CC(C)C3)c2c1C. The number of nitrogens with zero attached hydrogens (tertiary/aromatic N) is 2. The van der Waals surface area contributed by atoms with Gasteiger partial charge in [-0.15, -0.1) is 11.3 Å². The first kappa shape index (κ1) is 11.0. The monoisotopic (exact) mass is 247 g/mol. The Morgan fingerprint density at radius 3 is 2.76 bits per heavy atom. The summed E-state index contributed by atoms with van der Waals surface area (Å²) in [4.78, 5) is 11.2. The average molecular weight is 247 g/mol. The molecule has 2 aromatic rings. The summed E-state index contributed by atoms with van der Waals surface area (Å²) in [6.45, 7) is 6.61. The Kier molecular flexibility index (Phi) is 2.54. The topological polar surface area (TPSA) is 37.8 Å². The van der Waals surface area contributed by atoms with Crippen LogP contribution in [-0.4, -0.2) is 16.0 Å². The predicted molar refractivity (Wildman–Crippen MR) is 72.7 cm³/mol. The Bertz CT molecular complexity index is 555. The minimum absolute atomic E-state index is 0.600. The third-order valence-corrected chi connectivity index (χ3v) is 4.80. The first-order chi connectivity index (χ1) is 8.15. The average Bonchev–Trinajstić information content (AvgIpc) is 2.54. The summed E-state index contributed by atoms with van der Waals surface area (Å²) < 4.78 is 0. The van der Waals surface area contributed by atoms with Crippen LogP contribution in [0.5, 0.6) is 0 Å². The highest BCUT2D eigenvalue weighted by atomic mass is 32.1. The molecule has 3 nitrogen and oxygen atoms in total. The summed E-state index contributed by atoms with van der Waals surface area (Å²) in [6.07, 6.45) is 4.18. The standard InChI is InChI=1S/C13H17N3S/c1-7-4-10(5-7)16-12-11-8(2)9(3)17-13(11)15-6-14-12/h6-7,10H,4-5H2,1-3H3,(H,14,15,16). The van der Waals surface area contributed by atoms with E-state index in [-0.39, 0.29) is 0 Å². The van der Waals surface area contributed by atoms with Crippen molar-refractivity contribution in [2.24, 2.45) is 5.92 Å². The lowest BCUT2D eigenvalue weighted by Crippen LogP contribution is -2.34. The summed E-state index contributed by atoms with van der Waals surface area (Å²) in [5, 5.41) is 4.78. The van der Waals surface area contributed by atoms with E-state index in [1.54, 1.807) is 17.7 Å². The van der Waals surface area contributed by atoms with Gasteiger partial charge in [-0.05, 0) is 38.2 Å². The molecule has 1 aliphatic rings. The van der Waals surface area contributed by atoms with Crippen LogP contribution in [0.15, 0.2) is 6.33 Å². The summed E-state index contributed by atoms with van der Waals surface area (Å²) >= 11 is 1.76. The van der Waals surface area contributed by atoms with Crippen molar-refractivity contribution in [3.05, 3.63) is 16.8 Å². The number of hydrogen-bond donors (Lipinski definition) is 1. The van der Waals surface area contributed by atoms with E-state index in [0.29, 0.717) is 6.04 Å². The Labute approximate surface area is 105 Å². The van der Waals surface area contributed by atoms with Gasteiger partial charge in [-0.25, -0.2) is 9.97 Å². The largest absolute Gasteiger partial charge is 0.367 e. The van der Waals surface area contributed by atoms with Gasteiger partial charge in [-0.3, -0.25) is 0 Å². The summed E-state index contributed by atoms with van der Waals surface area (Å²) in [5.41, 5.74) is 1.32. The van der Waals surface area contributed by atoms with Crippen molar-refractivity contribution < 1.29 is 0 Å². The van der Waals surface area contributed by atoms with Crippen LogP contribution < -0.4 is 5.32 Å². The van der Waals surface area contributed by atoms with Crippen molar-refractivity contribution in [2.75, 3.05) is 5.32 Å². The second-order valence-electron chi connectivity index (χ2n) is 5.10. The zero-order chi connectivity index (χ0) is 12.0. The summed E-state index contributed by atoms with van der Waals surface area (Å²) in [6, 6.07) is 0.600. The molecule has 0 aliphatic heterocycles. The number of rotatable bonds is 2. The second-order valence-corrected chi connectivity index (χ2v) is 6.31. The van der Waals surface area contributed by atoms with E-state index in [4.69, 9.17) is 0 Å². The van der Waals surface area contributed by atoms with Crippen LogP contribution in [0.2, 0.25) is 0 Å². The van der Waals surface area contributed by atoms with Gasteiger partial charge >= 0.3 is 0 Å². The Balaban J connectivity index is 1.98. The fourth-order valence-corrected chi connectivity index (χ4v) is 3.50. The molecule has 0 radical (unpaired) electrons. The van der Waals surface area contributed by atoms with Crippen molar-refractivity contribution in [3.8, 4) is 0 Å². The maximum absolute atomic E-state index is 4.41. The highest BCUT2D eigenvalue weighted by Crippen LogP contribution is 2.35. The highest BCUT2D eigenvalue weighted by Gasteiger charge is 2.26. The van der Waals surface area contributed by atoms with Crippen LogP contribution in [0.25, 0.3) is 10.2 Å². The lowest BCUT2D eigenvalue weighted by molar-refractivity contribution is 0.309. The highest BCUT2D eigenvalue weighted by molar-refractivity contribution is 7.18. The molecule has 0 saturated heterocycles. The van der Waals surface area contributed by atoms with E-state index in [1.165, 1.54) is 28.7 Å². The zero-order valence-electron chi connectivity index (χ0n) is 10.4. The molecule has 0 amide bonds. The normalized spacial score (nSPS) is 23.7. The predicted octanol–water partition coefficient (Wildman–Crippen LogP) is 3.52. The smallest absolute Gasteiger partial charge is 0.138 e. The molecule has 2 heterocycles. The molecule has 0 aromatic carbocycles. The number of nitrogens with one attached hydrogen (secondary N) is 1. The molecule has 3 rings (SSSR count). The third-order valence-electron chi connectivity index (χ3n) is 3.68. The Morgan fingerprint density at radius 2 is 2.06 bits per heavy atom. The third kappa shape index (κ3) is 1.80. The number of aromatic nitrogens is 2. The molecule has 1 fully saturated rings. The van der Waals surface area contributed by atoms with E-state index >= 15 is 0 Å². The van der Waals surface area contributed by atoms with Gasteiger partial charge in [0.2, 0.25) is 0 Å². The quantitative estimate of drug-likeness (QED) is 0.882. The minimum Gasteiger partial charge on any atom is -0.367 e. The second kappa shape index (κ2) is 3.95. The molecule has 17 heavy (non-hydrogen) atoms. The summed E-state index contributed by atoms with van der Waals surface area (Å²) in [5.74, 6) is 1.88. The molecule has 0 unspecified atom stereocenters. The molecule has 1 N–H and O–H groups in total. The fraction of sp³-hybridized carbons (Fsp3) is 0.538. The van der Waals surface area contributed by atoms with Crippen LogP contribution in [-0.2, 0) is 0 Å². The maximum atomic E-state index is 4.41. The van der Waals surface area contributed by atoms with Crippen molar-refractivity contribution in [2.45, 2.75) is 39.7 Å². The van der Waals surface area contributed by atoms with E-state index in [0.717, 1.165) is 16.6 Å². The molecule has 4 heteroatoms. The van der Waals surface area contributed by atoms with Gasteiger partial charge in [0.1, 0.15) is 17.0 Å². The fourth-order valence-electron chi connectivity index (χ4n) is 2.51. The van der Waals surface area contributed by atoms with E-state index in [9.17, 15) is 0 Å². The van der Waals surface area contributed by atoms with Crippen LogP contribution in [0.1, 0.15) is 30.2 Å². The van der Waals surface area contributed by atoms with E-state index in [1.807, 2.05) is 0 Å². The summed E-state index contributed by atoms with van der Waals surface area (Å²) in [7, 11) is 0. The molecule has 1 aliphatic carbocycles. The molecule has 90 valence electrons. The van der Waals surface area contributed by atoms with Gasteiger partial charge in [0.25, 0.3) is 0 Å². The number of anilines is 1. The van der Waals surface area contributed by atoms with E-state index in [2.05, 4.69) is 36.1 Å². The lowest BCUT2D eigenvalue weighted by Gasteiger charge is -2.33. The number of fused-ring (bicyclic) bond motifs is 1. The minimum atomic E-state index is 0.600. The number of thiophene rings is 1. The first-order valence-electron chi connectivity index (χ1n) is 6.12. The van der Waals surface area contributed by atoms with Crippen LogP contribution in [0.3, 0.4) is 0 Å². The van der Waals surface area contributed by atoms with Crippen molar-refractivity contribution in [1.29, 1.82) is 0 Å².